The predicted molar refractivity (Wildman–Crippen MR) is 105 cm³/mol. The molecule has 132 valence electrons. The maximum Gasteiger partial charge on any atom is 0.196 e. The molecular formula is C21H17N5O. The summed E-state index contributed by atoms with van der Waals surface area (Å²) in [5.74, 6) is 0.726. The van der Waals surface area contributed by atoms with Crippen LogP contribution in [0.1, 0.15) is 5.56 Å². The fourth-order valence-electron chi connectivity index (χ4n) is 3.21. The van der Waals surface area contributed by atoms with Crippen molar-refractivity contribution in [3.63, 3.8) is 0 Å². The average Bonchev–Trinajstić information content (AvgIpc) is 3.37. The van der Waals surface area contributed by atoms with Gasteiger partial charge in [0.05, 0.1) is 5.69 Å². The summed E-state index contributed by atoms with van der Waals surface area (Å²) in [6.07, 6.45) is 6.17. The Morgan fingerprint density at radius 1 is 0.963 bits per heavy atom. The van der Waals surface area contributed by atoms with Gasteiger partial charge in [0.15, 0.2) is 11.4 Å². The number of hydrogen-bond acceptors (Lipinski definition) is 5. The van der Waals surface area contributed by atoms with E-state index < -0.39 is 0 Å². The highest BCUT2D eigenvalue weighted by atomic mass is 16.3. The van der Waals surface area contributed by atoms with E-state index in [0.717, 1.165) is 41.0 Å². The van der Waals surface area contributed by atoms with Gasteiger partial charge in [-0.25, -0.2) is 14.6 Å². The number of anilines is 1. The predicted octanol–water partition coefficient (Wildman–Crippen LogP) is 4.22. The summed E-state index contributed by atoms with van der Waals surface area (Å²) < 4.78 is 7.79. The molecule has 0 saturated carbocycles. The molecule has 0 aliphatic rings. The number of nitrogens with one attached hydrogen (secondary N) is 1. The average molecular weight is 355 g/mol. The lowest BCUT2D eigenvalue weighted by atomic mass is 10.1. The van der Waals surface area contributed by atoms with Crippen LogP contribution in [0.25, 0.3) is 27.8 Å². The van der Waals surface area contributed by atoms with Gasteiger partial charge in [-0.05, 0) is 42.3 Å². The molecule has 0 aliphatic carbocycles. The summed E-state index contributed by atoms with van der Waals surface area (Å²) in [6, 6.07) is 18.2. The van der Waals surface area contributed by atoms with Crippen LogP contribution in [-0.4, -0.2) is 26.3 Å². The minimum absolute atomic E-state index is 0.702. The van der Waals surface area contributed by atoms with Gasteiger partial charge in [-0.15, -0.1) is 0 Å². The first-order chi connectivity index (χ1) is 13.4. The number of benzene rings is 2. The number of furan rings is 1. The highest BCUT2D eigenvalue weighted by molar-refractivity contribution is 6.05. The number of nitrogens with zero attached hydrogens (tertiary/aromatic N) is 4. The third kappa shape index (κ3) is 2.91. The molecule has 0 spiro atoms. The summed E-state index contributed by atoms with van der Waals surface area (Å²) in [6.45, 7) is 0.754. The lowest BCUT2D eigenvalue weighted by Gasteiger charge is -2.07. The second-order valence-electron chi connectivity index (χ2n) is 6.29. The van der Waals surface area contributed by atoms with E-state index in [4.69, 9.17) is 4.42 Å². The molecule has 3 aromatic heterocycles. The number of fused-ring (bicyclic) bond motifs is 3. The molecule has 0 unspecified atom stereocenters. The van der Waals surface area contributed by atoms with Crippen LogP contribution in [0.4, 0.5) is 5.82 Å². The van der Waals surface area contributed by atoms with Gasteiger partial charge in [-0.3, -0.25) is 0 Å². The summed E-state index contributed by atoms with van der Waals surface area (Å²) in [5.41, 5.74) is 4.66. The minimum Gasteiger partial charge on any atom is -0.450 e. The highest BCUT2D eigenvalue weighted by Crippen LogP contribution is 2.30. The van der Waals surface area contributed by atoms with E-state index in [1.54, 1.807) is 12.5 Å². The molecule has 2 aromatic carbocycles. The topological polar surface area (TPSA) is 68.8 Å². The number of hydrogen-bond donors (Lipinski definition) is 1. The van der Waals surface area contributed by atoms with Gasteiger partial charge >= 0.3 is 0 Å². The van der Waals surface area contributed by atoms with Crippen LogP contribution < -0.4 is 5.32 Å². The summed E-state index contributed by atoms with van der Waals surface area (Å²) in [5, 5.41) is 8.63. The maximum atomic E-state index is 5.95. The Hall–Kier alpha value is -3.67. The van der Waals surface area contributed by atoms with Crippen molar-refractivity contribution in [3.05, 3.63) is 78.9 Å². The van der Waals surface area contributed by atoms with E-state index in [1.807, 2.05) is 41.2 Å². The van der Waals surface area contributed by atoms with Gasteiger partial charge in [-0.2, -0.15) is 5.10 Å². The van der Waals surface area contributed by atoms with E-state index in [-0.39, 0.29) is 0 Å². The van der Waals surface area contributed by atoms with Crippen LogP contribution in [0.5, 0.6) is 0 Å². The van der Waals surface area contributed by atoms with Gasteiger partial charge < -0.3 is 9.73 Å². The SMILES string of the molecule is c1ccc2c(c1)oc1c(NCCc3ccc(-n4cccn4)cc3)ncnc12. The van der Waals surface area contributed by atoms with Gasteiger partial charge in [0.25, 0.3) is 0 Å². The second-order valence-corrected chi connectivity index (χ2v) is 6.29. The molecule has 5 aromatic rings. The van der Waals surface area contributed by atoms with Gasteiger partial charge in [0, 0.05) is 24.3 Å². The summed E-state index contributed by atoms with van der Waals surface area (Å²) in [7, 11) is 0. The van der Waals surface area contributed by atoms with Gasteiger partial charge in [0.1, 0.15) is 17.4 Å². The van der Waals surface area contributed by atoms with Crippen LogP contribution in [0.3, 0.4) is 0 Å². The van der Waals surface area contributed by atoms with Gasteiger partial charge in [-0.1, -0.05) is 24.3 Å². The van der Waals surface area contributed by atoms with Crippen molar-refractivity contribution in [2.75, 3.05) is 11.9 Å². The molecule has 1 N–H and O–H groups in total. The molecule has 6 heteroatoms. The molecule has 3 heterocycles. The number of aromatic nitrogens is 4. The van der Waals surface area contributed by atoms with Crippen molar-refractivity contribution in [3.8, 4) is 5.69 Å². The Balaban J connectivity index is 1.32. The van der Waals surface area contributed by atoms with Crippen LogP contribution in [0, 0.1) is 0 Å². The summed E-state index contributed by atoms with van der Waals surface area (Å²) in [4.78, 5) is 8.73. The molecule has 0 fully saturated rings. The lowest BCUT2D eigenvalue weighted by Crippen LogP contribution is -2.07. The largest absolute Gasteiger partial charge is 0.450 e. The molecule has 27 heavy (non-hydrogen) atoms. The van der Waals surface area contributed by atoms with Gasteiger partial charge in [0.2, 0.25) is 0 Å². The van der Waals surface area contributed by atoms with Crippen LogP contribution in [0.15, 0.2) is 77.7 Å². The van der Waals surface area contributed by atoms with E-state index in [2.05, 4.69) is 44.6 Å². The Labute approximate surface area is 155 Å². The second kappa shape index (κ2) is 6.57. The summed E-state index contributed by atoms with van der Waals surface area (Å²) >= 11 is 0. The molecule has 0 bridgehead atoms. The van der Waals surface area contributed by atoms with Crippen molar-refractivity contribution in [2.24, 2.45) is 0 Å². The fourth-order valence-corrected chi connectivity index (χ4v) is 3.21. The normalized spacial score (nSPS) is 11.3. The maximum absolute atomic E-state index is 5.95. The molecular weight excluding hydrogens is 338 g/mol. The molecule has 0 saturated heterocycles. The number of rotatable bonds is 5. The van der Waals surface area contributed by atoms with E-state index in [1.165, 1.54) is 5.56 Å². The van der Waals surface area contributed by atoms with Crippen LogP contribution >= 0.6 is 0 Å². The lowest BCUT2D eigenvalue weighted by molar-refractivity contribution is 0.666. The standard InChI is InChI=1S/C21H17N5O/c1-2-5-18-17(4-1)19-20(27-18)21(24-14-23-19)22-12-10-15-6-8-16(9-7-15)26-13-3-11-25-26/h1-9,11,13-14H,10,12H2,(H,22,23,24). The third-order valence-electron chi connectivity index (χ3n) is 4.57. The Morgan fingerprint density at radius 2 is 1.85 bits per heavy atom. The van der Waals surface area contributed by atoms with Crippen molar-refractivity contribution in [2.45, 2.75) is 6.42 Å². The van der Waals surface area contributed by atoms with E-state index in [9.17, 15) is 0 Å². The molecule has 0 amide bonds. The molecule has 0 aliphatic heterocycles. The van der Waals surface area contributed by atoms with Crippen LogP contribution in [0.2, 0.25) is 0 Å². The molecule has 0 atom stereocenters. The molecule has 6 nitrogen and oxygen atoms in total. The number of para-hydroxylation sites is 1. The zero-order chi connectivity index (χ0) is 18.1. The highest BCUT2D eigenvalue weighted by Gasteiger charge is 2.12. The first-order valence-electron chi connectivity index (χ1n) is 8.83. The first kappa shape index (κ1) is 15.6. The Bertz CT molecular complexity index is 1190. The Kier molecular flexibility index (Phi) is 3.79. The van der Waals surface area contributed by atoms with Crippen molar-refractivity contribution in [1.29, 1.82) is 0 Å². The zero-order valence-corrected chi connectivity index (χ0v) is 14.5. The minimum atomic E-state index is 0.702. The van der Waals surface area contributed by atoms with E-state index in [0.29, 0.717) is 5.58 Å². The molecule has 5 rings (SSSR count). The monoisotopic (exact) mass is 355 g/mol. The first-order valence-corrected chi connectivity index (χ1v) is 8.83. The third-order valence-corrected chi connectivity index (χ3v) is 4.57. The van der Waals surface area contributed by atoms with E-state index >= 15 is 0 Å². The zero-order valence-electron chi connectivity index (χ0n) is 14.5. The quantitative estimate of drug-likeness (QED) is 0.511. The van der Waals surface area contributed by atoms with Crippen molar-refractivity contribution in [1.82, 2.24) is 19.7 Å². The van der Waals surface area contributed by atoms with Crippen molar-refractivity contribution < 1.29 is 4.42 Å². The van der Waals surface area contributed by atoms with Crippen molar-refractivity contribution >= 4 is 27.9 Å². The van der Waals surface area contributed by atoms with Crippen LogP contribution in [-0.2, 0) is 6.42 Å². The smallest absolute Gasteiger partial charge is 0.196 e. The Morgan fingerprint density at radius 3 is 2.70 bits per heavy atom. The fraction of sp³-hybridized carbons (Fsp3) is 0.0952. The molecule has 0 radical (unpaired) electrons.